The Morgan fingerprint density at radius 3 is 3.06 bits per heavy atom. The molecular weight excluding hydrogens is 232 g/mol. The zero-order chi connectivity index (χ0) is 12.8. The van der Waals surface area contributed by atoms with Gasteiger partial charge < -0.3 is 15.8 Å². The topological polar surface area (TPSA) is 98.8 Å². The fourth-order valence-corrected chi connectivity index (χ4v) is 1.29. The molecule has 1 atom stereocenters. The summed E-state index contributed by atoms with van der Waals surface area (Å²) >= 11 is 0. The maximum Gasteiger partial charge on any atom is 0.227 e. The number of pyridine rings is 1. The molecule has 2 aromatic heterocycles. The highest BCUT2D eigenvalue weighted by Gasteiger charge is 2.05. The smallest absolute Gasteiger partial charge is 0.227 e. The number of hydrogen-bond acceptors (Lipinski definition) is 7. The fourth-order valence-electron chi connectivity index (χ4n) is 1.29. The monoisotopic (exact) mass is 246 g/mol. The number of nitrogens with zero attached hydrogens (tertiary/aromatic N) is 4. The lowest BCUT2D eigenvalue weighted by Crippen LogP contribution is -2.24. The van der Waals surface area contributed by atoms with E-state index in [1.807, 2.05) is 19.1 Å². The van der Waals surface area contributed by atoms with Crippen molar-refractivity contribution in [2.45, 2.75) is 13.0 Å². The number of ether oxygens (including phenoxy) is 1. The number of nitrogen functional groups attached to an aromatic ring is 1. The van der Waals surface area contributed by atoms with Gasteiger partial charge in [0.25, 0.3) is 0 Å². The number of rotatable bonds is 5. The second-order valence-corrected chi connectivity index (χ2v) is 3.71. The van der Waals surface area contributed by atoms with Crippen molar-refractivity contribution in [2.24, 2.45) is 0 Å². The van der Waals surface area contributed by atoms with E-state index in [1.54, 1.807) is 12.4 Å². The molecule has 0 aliphatic heterocycles. The Morgan fingerprint density at radius 1 is 1.44 bits per heavy atom. The van der Waals surface area contributed by atoms with E-state index in [1.165, 1.54) is 6.33 Å². The third-order valence-electron chi connectivity index (χ3n) is 2.10. The molecule has 3 N–H and O–H groups in total. The van der Waals surface area contributed by atoms with Crippen LogP contribution in [0.25, 0.3) is 0 Å². The van der Waals surface area contributed by atoms with Crippen molar-refractivity contribution >= 4 is 11.9 Å². The summed E-state index contributed by atoms with van der Waals surface area (Å²) in [4.78, 5) is 15.6. The zero-order valence-corrected chi connectivity index (χ0v) is 9.95. The van der Waals surface area contributed by atoms with Crippen LogP contribution in [-0.2, 0) is 0 Å². The molecule has 1 unspecified atom stereocenters. The van der Waals surface area contributed by atoms with Crippen LogP contribution in [0.2, 0.25) is 0 Å². The van der Waals surface area contributed by atoms with Gasteiger partial charge in [0.1, 0.15) is 18.7 Å². The van der Waals surface area contributed by atoms with Crippen LogP contribution >= 0.6 is 0 Å². The van der Waals surface area contributed by atoms with Crippen molar-refractivity contribution in [3.05, 3.63) is 30.9 Å². The molecule has 7 heteroatoms. The zero-order valence-electron chi connectivity index (χ0n) is 9.95. The minimum Gasteiger partial charge on any atom is -0.490 e. The Balaban J connectivity index is 1.84. The van der Waals surface area contributed by atoms with Crippen molar-refractivity contribution in [1.29, 1.82) is 0 Å². The van der Waals surface area contributed by atoms with Gasteiger partial charge in [-0.2, -0.15) is 4.98 Å². The first-order valence-electron chi connectivity index (χ1n) is 5.48. The van der Waals surface area contributed by atoms with E-state index in [2.05, 4.69) is 25.3 Å². The fraction of sp³-hybridized carbons (Fsp3) is 0.273. The van der Waals surface area contributed by atoms with E-state index < -0.39 is 0 Å². The van der Waals surface area contributed by atoms with Crippen molar-refractivity contribution < 1.29 is 4.74 Å². The highest BCUT2D eigenvalue weighted by atomic mass is 16.5. The molecule has 0 radical (unpaired) electrons. The van der Waals surface area contributed by atoms with Crippen LogP contribution in [0.5, 0.6) is 5.75 Å². The molecule has 0 fully saturated rings. The molecule has 0 amide bonds. The molecule has 0 saturated heterocycles. The third-order valence-corrected chi connectivity index (χ3v) is 2.10. The number of hydrogen-bond donors (Lipinski definition) is 2. The maximum absolute atomic E-state index is 5.54. The van der Waals surface area contributed by atoms with Gasteiger partial charge >= 0.3 is 0 Å². The van der Waals surface area contributed by atoms with Gasteiger partial charge in [-0.1, -0.05) is 0 Å². The molecule has 2 rings (SSSR count). The van der Waals surface area contributed by atoms with Crippen LogP contribution < -0.4 is 15.8 Å². The summed E-state index contributed by atoms with van der Waals surface area (Å²) in [7, 11) is 0. The molecule has 2 aromatic rings. The molecule has 2 heterocycles. The minimum atomic E-state index is 0.0343. The first-order chi connectivity index (χ1) is 8.74. The largest absolute Gasteiger partial charge is 0.490 e. The Bertz CT molecular complexity index is 492. The summed E-state index contributed by atoms with van der Waals surface area (Å²) in [6.07, 6.45) is 4.72. The first kappa shape index (κ1) is 12.0. The molecule has 7 nitrogen and oxygen atoms in total. The van der Waals surface area contributed by atoms with Gasteiger partial charge in [0.15, 0.2) is 0 Å². The molecule has 0 aliphatic carbocycles. The van der Waals surface area contributed by atoms with Gasteiger partial charge in [-0.3, -0.25) is 4.98 Å². The molecule has 94 valence electrons. The third kappa shape index (κ3) is 3.55. The van der Waals surface area contributed by atoms with Crippen LogP contribution in [0.15, 0.2) is 30.9 Å². The standard InChI is InChI=1S/C11H14N6O/c1-8(6-18-9-3-2-4-13-5-9)16-11-15-7-14-10(12)17-11/h2-5,7-8H,6H2,1H3,(H3,12,14,15,16,17). The minimum absolute atomic E-state index is 0.0343. The van der Waals surface area contributed by atoms with Crippen LogP contribution in [0.3, 0.4) is 0 Å². The predicted octanol–water partition coefficient (Wildman–Crippen LogP) is 0.728. The molecule has 0 saturated carbocycles. The lowest BCUT2D eigenvalue weighted by Gasteiger charge is -2.14. The summed E-state index contributed by atoms with van der Waals surface area (Å²) in [5.41, 5.74) is 5.46. The summed E-state index contributed by atoms with van der Waals surface area (Å²) < 4.78 is 5.54. The van der Waals surface area contributed by atoms with Gasteiger partial charge in [-0.05, 0) is 19.1 Å². The Morgan fingerprint density at radius 2 is 2.33 bits per heavy atom. The van der Waals surface area contributed by atoms with Crippen molar-refractivity contribution in [2.75, 3.05) is 17.7 Å². The van der Waals surface area contributed by atoms with Crippen molar-refractivity contribution in [3.8, 4) is 5.75 Å². The van der Waals surface area contributed by atoms with E-state index in [9.17, 15) is 0 Å². The number of nitrogens with two attached hydrogens (primary N) is 1. The lowest BCUT2D eigenvalue weighted by molar-refractivity contribution is 0.302. The van der Waals surface area contributed by atoms with E-state index in [-0.39, 0.29) is 12.0 Å². The number of anilines is 2. The van der Waals surface area contributed by atoms with Gasteiger partial charge in [0, 0.05) is 6.20 Å². The Kier molecular flexibility index (Phi) is 3.85. The van der Waals surface area contributed by atoms with Crippen LogP contribution in [0, 0.1) is 0 Å². The highest BCUT2D eigenvalue weighted by molar-refractivity contribution is 5.30. The van der Waals surface area contributed by atoms with E-state index in [4.69, 9.17) is 10.5 Å². The second kappa shape index (κ2) is 5.76. The number of nitrogens with one attached hydrogen (secondary N) is 1. The van der Waals surface area contributed by atoms with Gasteiger partial charge in [-0.15, -0.1) is 0 Å². The summed E-state index contributed by atoms with van der Waals surface area (Å²) in [6.45, 7) is 2.42. The average molecular weight is 246 g/mol. The molecular formula is C11H14N6O. The van der Waals surface area contributed by atoms with Crippen LogP contribution in [0.1, 0.15) is 6.92 Å². The molecule has 0 aliphatic rings. The average Bonchev–Trinajstić information content (AvgIpc) is 2.38. The SMILES string of the molecule is CC(COc1cccnc1)Nc1ncnc(N)n1. The first-order valence-corrected chi connectivity index (χ1v) is 5.48. The summed E-state index contributed by atoms with van der Waals surface area (Å²) in [6, 6.07) is 3.70. The van der Waals surface area contributed by atoms with Crippen molar-refractivity contribution in [1.82, 2.24) is 19.9 Å². The van der Waals surface area contributed by atoms with Crippen molar-refractivity contribution in [3.63, 3.8) is 0 Å². The van der Waals surface area contributed by atoms with Crippen LogP contribution in [0.4, 0.5) is 11.9 Å². The predicted molar refractivity (Wildman–Crippen MR) is 67.1 cm³/mol. The highest BCUT2D eigenvalue weighted by Crippen LogP contribution is 2.07. The summed E-state index contributed by atoms with van der Waals surface area (Å²) in [5, 5.41) is 3.07. The maximum atomic E-state index is 5.54. The van der Waals surface area contributed by atoms with Gasteiger partial charge in [0.05, 0.1) is 12.2 Å². The van der Waals surface area contributed by atoms with Crippen LogP contribution in [-0.4, -0.2) is 32.6 Å². The Labute approximate surface area is 104 Å². The van der Waals surface area contributed by atoms with Gasteiger partial charge in [-0.25, -0.2) is 9.97 Å². The molecule has 0 spiro atoms. The molecule has 0 bridgehead atoms. The molecule has 0 aromatic carbocycles. The second-order valence-electron chi connectivity index (χ2n) is 3.71. The molecule has 18 heavy (non-hydrogen) atoms. The van der Waals surface area contributed by atoms with E-state index >= 15 is 0 Å². The quantitative estimate of drug-likeness (QED) is 0.802. The lowest BCUT2D eigenvalue weighted by atomic mass is 10.3. The van der Waals surface area contributed by atoms with Gasteiger partial charge in [0.2, 0.25) is 11.9 Å². The Hall–Kier alpha value is -2.44. The van der Waals surface area contributed by atoms with E-state index in [0.717, 1.165) is 5.75 Å². The normalized spacial score (nSPS) is 11.8. The number of aromatic nitrogens is 4. The van der Waals surface area contributed by atoms with E-state index in [0.29, 0.717) is 12.6 Å². The summed E-state index contributed by atoms with van der Waals surface area (Å²) in [5.74, 6) is 1.35.